The molecule has 0 radical (unpaired) electrons. The number of rotatable bonds is 2. The molecule has 1 rings (SSSR count). The Balaban J connectivity index is 2.44. The minimum absolute atomic E-state index is 0.736. The Kier molecular flexibility index (Phi) is 3.67. The van der Waals surface area contributed by atoms with Crippen LogP contribution >= 0.6 is 11.6 Å². The van der Waals surface area contributed by atoms with Crippen molar-refractivity contribution in [2.24, 2.45) is 5.92 Å². The van der Waals surface area contributed by atoms with E-state index in [0.717, 1.165) is 17.8 Å². The van der Waals surface area contributed by atoms with Crippen LogP contribution in [0.5, 0.6) is 0 Å². The second-order valence-corrected chi connectivity index (χ2v) is 4.04. The van der Waals surface area contributed by atoms with Crippen molar-refractivity contribution in [1.29, 1.82) is 0 Å². The van der Waals surface area contributed by atoms with Crippen LogP contribution < -0.4 is 0 Å². The van der Waals surface area contributed by atoms with Gasteiger partial charge in [0.15, 0.2) is 0 Å². The van der Waals surface area contributed by atoms with Crippen LogP contribution in [0.3, 0.4) is 0 Å². The Hall–Kier alpha value is 0.250. The first-order valence-corrected chi connectivity index (χ1v) is 5.01. The van der Waals surface area contributed by atoms with Gasteiger partial charge in [-0.05, 0) is 32.9 Å². The molecule has 0 spiro atoms. The van der Waals surface area contributed by atoms with Crippen molar-refractivity contribution in [3.8, 4) is 0 Å². The van der Waals surface area contributed by atoms with Crippen LogP contribution in [0.1, 0.15) is 25.7 Å². The SMILES string of the molecule is CN(C)C1CCCCC1CCl. The first-order chi connectivity index (χ1) is 5.25. The lowest BCUT2D eigenvalue weighted by Crippen LogP contribution is -2.38. The molecule has 1 fully saturated rings. The third kappa shape index (κ3) is 2.34. The molecule has 0 heterocycles. The highest BCUT2D eigenvalue weighted by molar-refractivity contribution is 6.18. The molecule has 1 saturated carbocycles. The van der Waals surface area contributed by atoms with Crippen molar-refractivity contribution >= 4 is 11.6 Å². The molecule has 66 valence electrons. The zero-order valence-corrected chi connectivity index (χ0v) is 8.27. The molecule has 0 aromatic carbocycles. The highest BCUT2D eigenvalue weighted by Gasteiger charge is 2.25. The molecule has 2 heteroatoms. The summed E-state index contributed by atoms with van der Waals surface area (Å²) in [5, 5.41) is 0. The smallest absolute Gasteiger partial charge is 0.0266 e. The van der Waals surface area contributed by atoms with Gasteiger partial charge in [-0.1, -0.05) is 12.8 Å². The van der Waals surface area contributed by atoms with Gasteiger partial charge in [0, 0.05) is 11.9 Å². The van der Waals surface area contributed by atoms with E-state index in [-0.39, 0.29) is 0 Å². The van der Waals surface area contributed by atoms with E-state index in [2.05, 4.69) is 19.0 Å². The van der Waals surface area contributed by atoms with Crippen LogP contribution in [0.15, 0.2) is 0 Å². The van der Waals surface area contributed by atoms with E-state index < -0.39 is 0 Å². The Labute approximate surface area is 74.7 Å². The predicted molar refractivity (Wildman–Crippen MR) is 50.2 cm³/mol. The zero-order valence-electron chi connectivity index (χ0n) is 7.52. The van der Waals surface area contributed by atoms with E-state index in [1.54, 1.807) is 0 Å². The van der Waals surface area contributed by atoms with Crippen LogP contribution in [-0.2, 0) is 0 Å². The third-order valence-electron chi connectivity index (χ3n) is 2.73. The van der Waals surface area contributed by atoms with Crippen molar-refractivity contribution in [3.05, 3.63) is 0 Å². The van der Waals surface area contributed by atoms with Gasteiger partial charge < -0.3 is 4.90 Å². The standard InChI is InChI=1S/C9H18ClN/c1-11(2)9-6-4-3-5-8(9)7-10/h8-9H,3-7H2,1-2H3. The van der Waals surface area contributed by atoms with Crippen LogP contribution in [0.25, 0.3) is 0 Å². The van der Waals surface area contributed by atoms with Gasteiger partial charge in [-0.25, -0.2) is 0 Å². The largest absolute Gasteiger partial charge is 0.306 e. The highest BCUT2D eigenvalue weighted by Crippen LogP contribution is 2.27. The lowest BCUT2D eigenvalue weighted by atomic mass is 9.85. The number of nitrogens with zero attached hydrogens (tertiary/aromatic N) is 1. The van der Waals surface area contributed by atoms with Crippen LogP contribution in [0.2, 0.25) is 0 Å². The maximum Gasteiger partial charge on any atom is 0.0266 e. The molecule has 1 aliphatic rings. The fourth-order valence-corrected chi connectivity index (χ4v) is 2.41. The van der Waals surface area contributed by atoms with Gasteiger partial charge in [-0.3, -0.25) is 0 Å². The normalized spacial score (nSPS) is 32.7. The molecular weight excluding hydrogens is 158 g/mol. The van der Waals surface area contributed by atoms with E-state index in [0.29, 0.717) is 0 Å². The molecule has 0 amide bonds. The lowest BCUT2D eigenvalue weighted by molar-refractivity contribution is 0.169. The van der Waals surface area contributed by atoms with Crippen molar-refractivity contribution in [3.63, 3.8) is 0 Å². The minimum atomic E-state index is 0.736. The summed E-state index contributed by atoms with van der Waals surface area (Å²) in [4.78, 5) is 2.33. The van der Waals surface area contributed by atoms with Crippen molar-refractivity contribution in [2.45, 2.75) is 31.7 Å². The Morgan fingerprint density at radius 2 is 1.91 bits per heavy atom. The fourth-order valence-electron chi connectivity index (χ4n) is 2.05. The average Bonchev–Trinajstić information content (AvgIpc) is 2.04. The zero-order chi connectivity index (χ0) is 8.27. The topological polar surface area (TPSA) is 3.24 Å². The first kappa shape index (κ1) is 9.34. The molecular formula is C9H18ClN. The van der Waals surface area contributed by atoms with E-state index in [4.69, 9.17) is 11.6 Å². The number of alkyl halides is 1. The average molecular weight is 176 g/mol. The van der Waals surface area contributed by atoms with E-state index in [9.17, 15) is 0 Å². The highest BCUT2D eigenvalue weighted by atomic mass is 35.5. The molecule has 11 heavy (non-hydrogen) atoms. The Morgan fingerprint density at radius 3 is 2.36 bits per heavy atom. The van der Waals surface area contributed by atoms with Crippen LogP contribution in [-0.4, -0.2) is 30.9 Å². The predicted octanol–water partition coefficient (Wildman–Crippen LogP) is 2.35. The summed E-state index contributed by atoms with van der Waals surface area (Å²) < 4.78 is 0. The van der Waals surface area contributed by atoms with Gasteiger partial charge >= 0.3 is 0 Å². The number of halogens is 1. The third-order valence-corrected chi connectivity index (χ3v) is 3.13. The number of hydrogen-bond acceptors (Lipinski definition) is 1. The molecule has 1 nitrogen and oxygen atoms in total. The molecule has 2 atom stereocenters. The van der Waals surface area contributed by atoms with Crippen LogP contribution in [0, 0.1) is 5.92 Å². The molecule has 0 aromatic rings. The molecule has 0 N–H and O–H groups in total. The van der Waals surface area contributed by atoms with Crippen molar-refractivity contribution in [1.82, 2.24) is 4.90 Å². The maximum absolute atomic E-state index is 5.89. The second kappa shape index (κ2) is 4.32. The molecule has 0 aliphatic heterocycles. The monoisotopic (exact) mass is 175 g/mol. The van der Waals surface area contributed by atoms with E-state index in [1.807, 2.05) is 0 Å². The summed E-state index contributed by atoms with van der Waals surface area (Å²) >= 11 is 5.89. The maximum atomic E-state index is 5.89. The summed E-state index contributed by atoms with van der Waals surface area (Å²) in [5.74, 6) is 1.57. The number of hydrogen-bond donors (Lipinski definition) is 0. The minimum Gasteiger partial charge on any atom is -0.306 e. The summed E-state index contributed by atoms with van der Waals surface area (Å²) in [7, 11) is 4.32. The van der Waals surface area contributed by atoms with Gasteiger partial charge in [0.05, 0.1) is 0 Å². The first-order valence-electron chi connectivity index (χ1n) is 4.48. The molecule has 0 saturated heterocycles. The van der Waals surface area contributed by atoms with Gasteiger partial charge in [0.1, 0.15) is 0 Å². The molecule has 2 unspecified atom stereocenters. The van der Waals surface area contributed by atoms with Crippen LogP contribution in [0.4, 0.5) is 0 Å². The van der Waals surface area contributed by atoms with Crippen molar-refractivity contribution < 1.29 is 0 Å². The molecule has 0 aromatic heterocycles. The van der Waals surface area contributed by atoms with Gasteiger partial charge in [-0.2, -0.15) is 0 Å². The molecule has 0 bridgehead atoms. The second-order valence-electron chi connectivity index (χ2n) is 3.73. The lowest BCUT2D eigenvalue weighted by Gasteiger charge is -2.34. The van der Waals surface area contributed by atoms with Gasteiger partial charge in [0.2, 0.25) is 0 Å². The Bertz CT molecular complexity index is 114. The van der Waals surface area contributed by atoms with E-state index in [1.165, 1.54) is 25.7 Å². The quantitative estimate of drug-likeness (QED) is 0.583. The van der Waals surface area contributed by atoms with Gasteiger partial charge in [-0.15, -0.1) is 11.6 Å². The molecule has 1 aliphatic carbocycles. The summed E-state index contributed by atoms with van der Waals surface area (Å²) in [6.07, 6.45) is 5.43. The summed E-state index contributed by atoms with van der Waals surface area (Å²) in [5.41, 5.74) is 0. The fraction of sp³-hybridized carbons (Fsp3) is 1.00. The summed E-state index contributed by atoms with van der Waals surface area (Å²) in [6, 6.07) is 0.737. The van der Waals surface area contributed by atoms with Gasteiger partial charge in [0.25, 0.3) is 0 Å². The summed E-state index contributed by atoms with van der Waals surface area (Å²) in [6.45, 7) is 0. The Morgan fingerprint density at radius 1 is 1.27 bits per heavy atom. The van der Waals surface area contributed by atoms with Crippen molar-refractivity contribution in [2.75, 3.05) is 20.0 Å². The van der Waals surface area contributed by atoms with E-state index >= 15 is 0 Å².